The average Bonchev–Trinajstić information content (AvgIpc) is 2.28. The summed E-state index contributed by atoms with van der Waals surface area (Å²) >= 11 is 0. The fourth-order valence-electron chi connectivity index (χ4n) is 2.19. The van der Waals surface area contributed by atoms with Crippen molar-refractivity contribution in [3.05, 3.63) is 0 Å². The Balaban J connectivity index is 2.48. The molecule has 0 aromatic rings. The number of hydrogen-bond acceptors (Lipinski definition) is 3. The maximum Gasteiger partial charge on any atom is 0.304 e. The van der Waals surface area contributed by atoms with E-state index in [1.165, 1.54) is 7.05 Å². The highest BCUT2D eigenvalue weighted by molar-refractivity contribution is 7.87. The number of carboxylic acid groups (broad SMARTS) is 1. The van der Waals surface area contributed by atoms with Crippen LogP contribution in [-0.2, 0) is 15.0 Å². The second-order valence-corrected chi connectivity index (χ2v) is 7.84. The molecule has 0 radical (unpaired) electrons. The smallest absolute Gasteiger partial charge is 0.304 e. The highest BCUT2D eigenvalue weighted by atomic mass is 32.2. The molecule has 0 spiro atoms. The Morgan fingerprint density at radius 2 is 1.89 bits per heavy atom. The lowest BCUT2D eigenvalue weighted by atomic mass is 9.76. The second-order valence-electron chi connectivity index (χ2n) is 6.03. The lowest BCUT2D eigenvalue weighted by Crippen LogP contribution is -2.46. The molecule has 0 atom stereocenters. The normalized spacial score (nSPS) is 20.6. The third-order valence-corrected chi connectivity index (χ3v) is 5.34. The molecule has 0 heterocycles. The van der Waals surface area contributed by atoms with Crippen LogP contribution in [0, 0.1) is 5.41 Å². The molecule has 0 unspecified atom stereocenters. The van der Waals surface area contributed by atoms with Crippen molar-refractivity contribution in [2.24, 2.45) is 5.41 Å². The van der Waals surface area contributed by atoms with E-state index in [0.717, 1.165) is 30.0 Å². The van der Waals surface area contributed by atoms with Crippen LogP contribution in [0.15, 0.2) is 0 Å². The number of aliphatic carboxylic acids is 1. The molecule has 1 rings (SSSR count). The maximum atomic E-state index is 12.0. The predicted molar refractivity (Wildman–Crippen MR) is 73.0 cm³/mol. The van der Waals surface area contributed by atoms with Crippen molar-refractivity contribution >= 4 is 16.2 Å². The minimum Gasteiger partial charge on any atom is -0.481 e. The Kier molecular flexibility index (Phi) is 5.34. The van der Waals surface area contributed by atoms with E-state index in [9.17, 15) is 13.2 Å². The number of nitrogens with one attached hydrogen (secondary N) is 1. The van der Waals surface area contributed by atoms with Gasteiger partial charge >= 0.3 is 5.97 Å². The first-order chi connectivity index (χ1) is 8.62. The van der Waals surface area contributed by atoms with Crippen molar-refractivity contribution in [2.45, 2.75) is 52.0 Å². The van der Waals surface area contributed by atoms with Crippen molar-refractivity contribution in [1.82, 2.24) is 9.03 Å². The Bertz CT molecular complexity index is 409. The molecule has 6 nitrogen and oxygen atoms in total. The van der Waals surface area contributed by atoms with Crippen molar-refractivity contribution < 1.29 is 18.3 Å². The number of hydrogen-bond donors (Lipinski definition) is 2. The largest absolute Gasteiger partial charge is 0.481 e. The van der Waals surface area contributed by atoms with E-state index in [1.54, 1.807) is 0 Å². The van der Waals surface area contributed by atoms with Crippen LogP contribution in [-0.4, -0.2) is 43.4 Å². The Labute approximate surface area is 115 Å². The van der Waals surface area contributed by atoms with Crippen LogP contribution in [0.25, 0.3) is 0 Å². The molecule has 1 aliphatic carbocycles. The monoisotopic (exact) mass is 292 g/mol. The molecule has 2 N–H and O–H groups in total. The van der Waals surface area contributed by atoms with Gasteiger partial charge in [0.05, 0.1) is 6.42 Å². The molecule has 0 amide bonds. The fourth-order valence-corrected chi connectivity index (χ4v) is 3.36. The van der Waals surface area contributed by atoms with Crippen molar-refractivity contribution in [3.63, 3.8) is 0 Å². The van der Waals surface area contributed by atoms with Gasteiger partial charge in [-0.15, -0.1) is 0 Å². The van der Waals surface area contributed by atoms with Crippen molar-refractivity contribution in [1.29, 1.82) is 0 Å². The van der Waals surface area contributed by atoms with E-state index in [4.69, 9.17) is 5.11 Å². The zero-order valence-electron chi connectivity index (χ0n) is 11.8. The van der Waals surface area contributed by atoms with Gasteiger partial charge in [0.1, 0.15) is 0 Å². The first-order valence-corrected chi connectivity index (χ1v) is 8.02. The minimum atomic E-state index is -3.57. The molecule has 19 heavy (non-hydrogen) atoms. The molecular weight excluding hydrogens is 268 g/mol. The minimum absolute atomic E-state index is 0.0110. The van der Waals surface area contributed by atoms with E-state index in [0.29, 0.717) is 0 Å². The van der Waals surface area contributed by atoms with E-state index in [2.05, 4.69) is 18.6 Å². The van der Waals surface area contributed by atoms with Crippen LogP contribution in [0.1, 0.15) is 46.0 Å². The maximum absolute atomic E-state index is 12.0. The molecule has 112 valence electrons. The topological polar surface area (TPSA) is 86.7 Å². The van der Waals surface area contributed by atoms with Crippen molar-refractivity contribution in [2.75, 3.05) is 13.6 Å². The molecule has 0 saturated heterocycles. The number of carboxylic acids is 1. The van der Waals surface area contributed by atoms with Gasteiger partial charge in [0.15, 0.2) is 0 Å². The Morgan fingerprint density at radius 1 is 1.37 bits per heavy atom. The van der Waals surface area contributed by atoms with E-state index in [-0.39, 0.29) is 24.4 Å². The van der Waals surface area contributed by atoms with Crippen LogP contribution >= 0.6 is 0 Å². The molecule has 0 aromatic heterocycles. The fraction of sp³-hybridized carbons (Fsp3) is 0.917. The summed E-state index contributed by atoms with van der Waals surface area (Å²) in [6.45, 7) is 4.37. The van der Waals surface area contributed by atoms with Gasteiger partial charge in [0.2, 0.25) is 0 Å². The van der Waals surface area contributed by atoms with E-state index in [1.807, 2.05) is 0 Å². The van der Waals surface area contributed by atoms with Gasteiger partial charge in [-0.2, -0.15) is 17.4 Å². The van der Waals surface area contributed by atoms with Gasteiger partial charge in [-0.25, -0.2) is 0 Å². The summed E-state index contributed by atoms with van der Waals surface area (Å²) in [5, 5.41) is 8.57. The van der Waals surface area contributed by atoms with Gasteiger partial charge < -0.3 is 5.11 Å². The van der Waals surface area contributed by atoms with Gasteiger partial charge in [-0.3, -0.25) is 4.79 Å². The summed E-state index contributed by atoms with van der Waals surface area (Å²) in [7, 11) is -2.17. The highest BCUT2D eigenvalue weighted by Crippen LogP contribution is 2.35. The molecule has 0 aromatic carbocycles. The number of rotatable bonds is 6. The predicted octanol–water partition coefficient (Wildman–Crippen LogP) is 1.20. The number of nitrogens with zero attached hydrogens (tertiary/aromatic N) is 1. The quantitative estimate of drug-likeness (QED) is 0.770. The zero-order chi connectivity index (χ0) is 14.7. The molecule has 7 heteroatoms. The first-order valence-electron chi connectivity index (χ1n) is 6.58. The molecule has 0 aliphatic heterocycles. The molecule has 0 bridgehead atoms. The zero-order valence-corrected chi connectivity index (χ0v) is 12.7. The Morgan fingerprint density at radius 3 is 2.37 bits per heavy atom. The summed E-state index contributed by atoms with van der Waals surface area (Å²) in [5.41, 5.74) is 0.289. The van der Waals surface area contributed by atoms with Crippen molar-refractivity contribution in [3.8, 4) is 0 Å². The van der Waals surface area contributed by atoms with Gasteiger partial charge in [-0.1, -0.05) is 13.8 Å². The van der Waals surface area contributed by atoms with Crippen LogP contribution < -0.4 is 4.72 Å². The lowest BCUT2D eigenvalue weighted by molar-refractivity contribution is -0.137. The third-order valence-electron chi connectivity index (χ3n) is 3.71. The van der Waals surface area contributed by atoms with Crippen LogP contribution in [0.2, 0.25) is 0 Å². The first kappa shape index (κ1) is 16.4. The Hall–Kier alpha value is -0.660. The van der Waals surface area contributed by atoms with Crippen LogP contribution in [0.4, 0.5) is 0 Å². The SMILES string of the molecule is CN(CCC(=O)O)S(=O)(=O)NC1CCC(C)(C)CC1. The molecule has 1 aliphatic rings. The molecule has 1 saturated carbocycles. The summed E-state index contributed by atoms with van der Waals surface area (Å²) < 4.78 is 27.7. The summed E-state index contributed by atoms with van der Waals surface area (Å²) in [6.07, 6.45) is 3.48. The second kappa shape index (κ2) is 6.19. The summed E-state index contributed by atoms with van der Waals surface area (Å²) in [4.78, 5) is 10.5. The third kappa shape index (κ3) is 5.46. The average molecular weight is 292 g/mol. The summed E-state index contributed by atoms with van der Waals surface area (Å²) in [5.74, 6) is -0.999. The molecular formula is C12H24N2O4S. The standard InChI is InChI=1S/C12H24N2O4S/c1-12(2)7-4-10(5-8-12)13-19(17,18)14(3)9-6-11(15)16/h10,13H,4-9H2,1-3H3,(H,15,16). The lowest BCUT2D eigenvalue weighted by Gasteiger charge is -2.35. The van der Waals surface area contributed by atoms with Gasteiger partial charge in [0, 0.05) is 19.6 Å². The number of carbonyl (C=O) groups is 1. The summed E-state index contributed by atoms with van der Waals surface area (Å²) in [6, 6.07) is -0.0368. The van der Waals surface area contributed by atoms with E-state index >= 15 is 0 Å². The van der Waals surface area contributed by atoms with E-state index < -0.39 is 16.2 Å². The van der Waals surface area contributed by atoms with Crippen LogP contribution in [0.3, 0.4) is 0 Å². The van der Waals surface area contributed by atoms with Crippen LogP contribution in [0.5, 0.6) is 0 Å². The highest BCUT2D eigenvalue weighted by Gasteiger charge is 2.30. The van der Waals surface area contributed by atoms with Gasteiger partial charge in [-0.05, 0) is 31.1 Å². The molecule has 1 fully saturated rings. The van der Waals surface area contributed by atoms with Gasteiger partial charge in [0.25, 0.3) is 10.2 Å².